The molecule has 21 heavy (non-hydrogen) atoms. The second kappa shape index (κ2) is 9.96. The predicted molar refractivity (Wildman–Crippen MR) is 82.0 cm³/mol. The topological polar surface area (TPSA) is 70.0 Å². The first-order valence-electron chi connectivity index (χ1n) is 7.12. The summed E-state index contributed by atoms with van der Waals surface area (Å²) >= 11 is 0. The molecule has 1 aromatic rings. The quantitative estimate of drug-likeness (QED) is 0.673. The van der Waals surface area contributed by atoms with Crippen LogP contribution in [0.3, 0.4) is 0 Å². The van der Waals surface area contributed by atoms with E-state index in [0.29, 0.717) is 6.61 Å². The summed E-state index contributed by atoms with van der Waals surface area (Å²) in [4.78, 5) is 13.3. The van der Waals surface area contributed by atoms with E-state index >= 15 is 0 Å². The van der Waals surface area contributed by atoms with Gasteiger partial charge in [-0.1, -0.05) is 19.1 Å². The first kappa shape index (κ1) is 17.2. The first-order chi connectivity index (χ1) is 10.2. The summed E-state index contributed by atoms with van der Waals surface area (Å²) in [5, 5.41) is 17.8. The Bertz CT molecular complexity index is 436. The molecule has 0 aliphatic heterocycles. The van der Waals surface area contributed by atoms with E-state index in [9.17, 15) is 4.79 Å². The molecule has 0 spiro atoms. The summed E-state index contributed by atoms with van der Waals surface area (Å²) < 4.78 is 5.48. The highest BCUT2D eigenvalue weighted by Gasteiger charge is 2.08. The van der Waals surface area contributed by atoms with Gasteiger partial charge in [-0.15, -0.1) is 0 Å². The van der Waals surface area contributed by atoms with Gasteiger partial charge in [0.15, 0.2) is 0 Å². The van der Waals surface area contributed by atoms with Crippen molar-refractivity contribution < 1.29 is 19.7 Å². The highest BCUT2D eigenvalue weighted by atomic mass is 16.5. The number of nitrogens with zero attached hydrogens (tertiary/aromatic N) is 1. The van der Waals surface area contributed by atoms with E-state index in [1.54, 1.807) is 6.08 Å². The van der Waals surface area contributed by atoms with E-state index < -0.39 is 0 Å². The van der Waals surface area contributed by atoms with E-state index in [1.165, 1.54) is 11.0 Å². The third-order valence-electron chi connectivity index (χ3n) is 2.82. The zero-order valence-corrected chi connectivity index (χ0v) is 12.4. The van der Waals surface area contributed by atoms with Gasteiger partial charge in [-0.05, 0) is 30.2 Å². The van der Waals surface area contributed by atoms with Crippen molar-refractivity contribution in [3.8, 4) is 5.75 Å². The van der Waals surface area contributed by atoms with Crippen LogP contribution in [0, 0.1) is 0 Å². The Hall–Kier alpha value is -1.85. The fraction of sp³-hybridized carbons (Fsp3) is 0.438. The van der Waals surface area contributed by atoms with Crippen LogP contribution in [0.2, 0.25) is 0 Å². The Morgan fingerprint density at radius 1 is 1.19 bits per heavy atom. The van der Waals surface area contributed by atoms with Gasteiger partial charge in [-0.25, -0.2) is 0 Å². The molecule has 0 bridgehead atoms. The fourth-order valence-corrected chi connectivity index (χ4v) is 1.74. The number of aliphatic hydroxyl groups is 2. The number of aliphatic hydroxyl groups excluding tert-OH is 2. The largest absolute Gasteiger partial charge is 0.494 e. The number of ether oxygens (including phenoxy) is 1. The van der Waals surface area contributed by atoms with Crippen LogP contribution in [0.15, 0.2) is 30.3 Å². The Morgan fingerprint density at radius 2 is 1.81 bits per heavy atom. The normalized spacial score (nSPS) is 10.8. The van der Waals surface area contributed by atoms with Gasteiger partial charge in [-0.3, -0.25) is 4.79 Å². The molecule has 0 unspecified atom stereocenters. The van der Waals surface area contributed by atoms with Gasteiger partial charge in [0.25, 0.3) is 0 Å². The van der Waals surface area contributed by atoms with Crippen molar-refractivity contribution >= 4 is 12.0 Å². The monoisotopic (exact) mass is 293 g/mol. The van der Waals surface area contributed by atoms with Crippen molar-refractivity contribution in [1.82, 2.24) is 4.90 Å². The molecule has 1 amide bonds. The lowest BCUT2D eigenvalue weighted by Crippen LogP contribution is -2.34. The lowest BCUT2D eigenvalue weighted by molar-refractivity contribution is -0.126. The average Bonchev–Trinajstić information content (AvgIpc) is 2.51. The highest BCUT2D eigenvalue weighted by Crippen LogP contribution is 2.13. The molecule has 1 rings (SSSR count). The highest BCUT2D eigenvalue weighted by molar-refractivity contribution is 5.91. The van der Waals surface area contributed by atoms with E-state index in [1.807, 2.05) is 31.2 Å². The zero-order valence-electron chi connectivity index (χ0n) is 12.4. The minimum absolute atomic E-state index is 0.122. The number of hydrogen-bond acceptors (Lipinski definition) is 4. The summed E-state index contributed by atoms with van der Waals surface area (Å²) in [6, 6.07) is 7.46. The molecule has 1 aromatic carbocycles. The molecule has 0 aliphatic rings. The van der Waals surface area contributed by atoms with Crippen LogP contribution in [-0.2, 0) is 4.79 Å². The molecule has 5 heteroatoms. The van der Waals surface area contributed by atoms with Gasteiger partial charge in [0.05, 0.1) is 19.8 Å². The van der Waals surface area contributed by atoms with Crippen molar-refractivity contribution in [1.29, 1.82) is 0 Å². The Kier molecular flexibility index (Phi) is 8.16. The van der Waals surface area contributed by atoms with Gasteiger partial charge in [0, 0.05) is 19.2 Å². The summed E-state index contributed by atoms with van der Waals surface area (Å²) in [5.74, 6) is 0.576. The lowest BCUT2D eigenvalue weighted by atomic mass is 10.2. The number of carbonyl (C=O) groups is 1. The SMILES string of the molecule is CCCOc1ccc(/C=C/C(=O)N(CCO)CCO)cc1. The van der Waals surface area contributed by atoms with Crippen molar-refractivity contribution in [2.24, 2.45) is 0 Å². The Balaban J connectivity index is 2.59. The smallest absolute Gasteiger partial charge is 0.246 e. The molecule has 5 nitrogen and oxygen atoms in total. The van der Waals surface area contributed by atoms with E-state index in [2.05, 4.69) is 0 Å². The molecule has 116 valence electrons. The second-order valence-corrected chi connectivity index (χ2v) is 4.52. The fourth-order valence-electron chi connectivity index (χ4n) is 1.74. The van der Waals surface area contributed by atoms with E-state index in [-0.39, 0.29) is 32.2 Å². The van der Waals surface area contributed by atoms with Gasteiger partial charge in [-0.2, -0.15) is 0 Å². The maximum Gasteiger partial charge on any atom is 0.246 e. The maximum absolute atomic E-state index is 11.9. The van der Waals surface area contributed by atoms with E-state index in [4.69, 9.17) is 14.9 Å². The zero-order chi connectivity index (χ0) is 15.5. The molecule has 0 aromatic heterocycles. The van der Waals surface area contributed by atoms with Crippen LogP contribution in [0.4, 0.5) is 0 Å². The van der Waals surface area contributed by atoms with Crippen LogP contribution in [0.25, 0.3) is 6.08 Å². The number of hydrogen-bond donors (Lipinski definition) is 2. The number of carbonyl (C=O) groups excluding carboxylic acids is 1. The van der Waals surface area contributed by atoms with Crippen LogP contribution in [0.5, 0.6) is 5.75 Å². The van der Waals surface area contributed by atoms with Crippen LogP contribution < -0.4 is 4.74 Å². The molecular weight excluding hydrogens is 270 g/mol. The molecule has 0 saturated carbocycles. The summed E-state index contributed by atoms with van der Waals surface area (Å²) in [5.41, 5.74) is 0.889. The molecule has 0 atom stereocenters. The van der Waals surface area contributed by atoms with Crippen molar-refractivity contribution in [2.45, 2.75) is 13.3 Å². The molecular formula is C16H23NO4. The number of rotatable bonds is 9. The summed E-state index contributed by atoms with van der Waals surface area (Å²) in [6.45, 7) is 2.92. The van der Waals surface area contributed by atoms with Gasteiger partial charge in [0.2, 0.25) is 5.91 Å². The van der Waals surface area contributed by atoms with Crippen molar-refractivity contribution in [2.75, 3.05) is 32.9 Å². The average molecular weight is 293 g/mol. The minimum Gasteiger partial charge on any atom is -0.494 e. The molecule has 2 N–H and O–H groups in total. The molecule has 0 aliphatic carbocycles. The van der Waals surface area contributed by atoms with Crippen molar-refractivity contribution in [3.63, 3.8) is 0 Å². The number of benzene rings is 1. The second-order valence-electron chi connectivity index (χ2n) is 4.52. The molecule has 0 saturated heterocycles. The summed E-state index contributed by atoms with van der Waals surface area (Å²) in [7, 11) is 0. The summed E-state index contributed by atoms with van der Waals surface area (Å²) in [6.07, 6.45) is 4.10. The third-order valence-corrected chi connectivity index (χ3v) is 2.82. The van der Waals surface area contributed by atoms with Crippen LogP contribution in [-0.4, -0.2) is 53.9 Å². The maximum atomic E-state index is 11.9. The predicted octanol–water partition coefficient (Wildman–Crippen LogP) is 1.30. The van der Waals surface area contributed by atoms with E-state index in [0.717, 1.165) is 17.7 Å². The minimum atomic E-state index is -0.232. The van der Waals surface area contributed by atoms with Crippen molar-refractivity contribution in [3.05, 3.63) is 35.9 Å². The lowest BCUT2D eigenvalue weighted by Gasteiger charge is -2.18. The molecule has 0 radical (unpaired) electrons. The standard InChI is InChI=1S/C16H23NO4/c1-2-13-21-15-6-3-14(4-7-15)5-8-16(20)17(9-11-18)10-12-19/h3-8,18-19H,2,9-13H2,1H3/b8-5+. The Morgan fingerprint density at radius 3 is 2.33 bits per heavy atom. The van der Waals surface area contributed by atoms with Gasteiger partial charge in [0.1, 0.15) is 5.75 Å². The first-order valence-corrected chi connectivity index (χ1v) is 7.12. The molecule has 0 heterocycles. The molecule has 0 fully saturated rings. The Labute approximate surface area is 125 Å². The van der Waals surface area contributed by atoms with Gasteiger partial charge < -0.3 is 19.8 Å². The number of amides is 1. The van der Waals surface area contributed by atoms with Crippen LogP contribution >= 0.6 is 0 Å². The third kappa shape index (κ3) is 6.42. The van der Waals surface area contributed by atoms with Crippen LogP contribution in [0.1, 0.15) is 18.9 Å². The van der Waals surface area contributed by atoms with Gasteiger partial charge >= 0.3 is 0 Å².